The summed E-state index contributed by atoms with van der Waals surface area (Å²) in [6.45, 7) is 6.05. The minimum Gasteiger partial charge on any atom is -0.243 e. The van der Waals surface area contributed by atoms with E-state index in [1.54, 1.807) is 0 Å². The Bertz CT molecular complexity index is 503. The van der Waals surface area contributed by atoms with E-state index in [-0.39, 0.29) is 5.57 Å². The maximum Gasteiger partial charge on any atom is 0.332 e. The summed E-state index contributed by atoms with van der Waals surface area (Å²) in [7, 11) is 1.48. The van der Waals surface area contributed by atoms with Crippen molar-refractivity contribution in [1.82, 2.24) is 4.90 Å². The molecule has 18 heavy (non-hydrogen) atoms. The Kier molecular flexibility index (Phi) is 3.28. The van der Waals surface area contributed by atoms with Gasteiger partial charge in [-0.2, -0.15) is 8.78 Å². The quantitative estimate of drug-likeness (QED) is 0.682. The summed E-state index contributed by atoms with van der Waals surface area (Å²) in [5, 5.41) is 0. The van der Waals surface area contributed by atoms with Crippen molar-refractivity contribution in [2.75, 3.05) is 13.6 Å². The van der Waals surface area contributed by atoms with Gasteiger partial charge < -0.3 is 0 Å². The van der Waals surface area contributed by atoms with Crippen LogP contribution in [0.15, 0.2) is 23.8 Å². The monoisotopic (exact) mass is 251 g/mol. The Morgan fingerprint density at radius 3 is 2.50 bits per heavy atom. The van der Waals surface area contributed by atoms with Gasteiger partial charge in [-0.15, -0.1) is 0 Å². The van der Waals surface area contributed by atoms with Gasteiger partial charge in [0, 0.05) is 12.1 Å². The van der Waals surface area contributed by atoms with Crippen molar-refractivity contribution in [1.29, 1.82) is 0 Å². The maximum atomic E-state index is 14.4. The van der Waals surface area contributed by atoms with Crippen LogP contribution in [0.2, 0.25) is 0 Å². The smallest absolute Gasteiger partial charge is 0.243 e. The molecule has 3 heteroatoms. The van der Waals surface area contributed by atoms with Crippen LogP contribution in [0.3, 0.4) is 0 Å². The van der Waals surface area contributed by atoms with E-state index < -0.39 is 6.05 Å². The lowest BCUT2D eigenvalue weighted by Gasteiger charge is -2.36. The highest BCUT2D eigenvalue weighted by molar-refractivity contribution is 5.76. The summed E-state index contributed by atoms with van der Waals surface area (Å²) in [4.78, 5) is 1.14. The second kappa shape index (κ2) is 4.47. The number of hydrogen-bond donors (Lipinski definition) is 0. The Balaban J connectivity index is 2.63. The van der Waals surface area contributed by atoms with E-state index in [1.807, 2.05) is 39.0 Å². The first-order valence-corrected chi connectivity index (χ1v) is 6.21. The summed E-state index contributed by atoms with van der Waals surface area (Å²) < 4.78 is 28.8. The summed E-state index contributed by atoms with van der Waals surface area (Å²) >= 11 is 0. The molecular weight excluding hydrogens is 232 g/mol. The first-order valence-electron chi connectivity index (χ1n) is 6.21. The molecule has 1 aromatic carbocycles. The van der Waals surface area contributed by atoms with Gasteiger partial charge in [0.2, 0.25) is 0 Å². The number of hydrogen-bond acceptors (Lipinski definition) is 1. The van der Waals surface area contributed by atoms with Crippen LogP contribution in [0.1, 0.15) is 30.0 Å². The van der Waals surface area contributed by atoms with E-state index in [4.69, 9.17) is 0 Å². The van der Waals surface area contributed by atoms with Crippen molar-refractivity contribution in [3.8, 4) is 0 Å². The fourth-order valence-corrected chi connectivity index (χ4v) is 2.45. The van der Waals surface area contributed by atoms with Crippen LogP contribution in [-0.4, -0.2) is 24.5 Å². The fourth-order valence-electron chi connectivity index (χ4n) is 2.45. The molecule has 0 saturated heterocycles. The van der Waals surface area contributed by atoms with Crippen LogP contribution in [0.5, 0.6) is 0 Å². The Labute approximate surface area is 107 Å². The van der Waals surface area contributed by atoms with E-state index in [0.29, 0.717) is 18.5 Å². The van der Waals surface area contributed by atoms with Crippen LogP contribution < -0.4 is 0 Å². The standard InChI is InChI=1S/C15H19F2N/c1-10-5-6-11(2)13(9-10)14-12(3)7-8-18(4)15(14,16)17/h5-6,9H,7-8H2,1-4H3. The summed E-state index contributed by atoms with van der Waals surface area (Å²) in [5.74, 6) is 0. The lowest BCUT2D eigenvalue weighted by atomic mass is 9.89. The van der Waals surface area contributed by atoms with Crippen molar-refractivity contribution in [3.05, 3.63) is 40.5 Å². The highest BCUT2D eigenvalue weighted by atomic mass is 19.3. The van der Waals surface area contributed by atoms with Crippen LogP contribution in [0, 0.1) is 13.8 Å². The lowest BCUT2D eigenvalue weighted by molar-refractivity contribution is -0.0840. The molecule has 1 aliphatic rings. The van der Waals surface area contributed by atoms with Gasteiger partial charge in [0.25, 0.3) is 0 Å². The SMILES string of the molecule is CC1=C(c2cc(C)ccc2C)C(F)(F)N(C)CC1. The van der Waals surface area contributed by atoms with E-state index >= 15 is 0 Å². The zero-order valence-corrected chi connectivity index (χ0v) is 11.3. The number of benzene rings is 1. The molecule has 1 heterocycles. The zero-order chi connectivity index (χ0) is 13.5. The second-order valence-electron chi connectivity index (χ2n) is 5.19. The van der Waals surface area contributed by atoms with E-state index in [9.17, 15) is 8.78 Å². The Morgan fingerprint density at radius 1 is 1.17 bits per heavy atom. The minimum atomic E-state index is -2.87. The third kappa shape index (κ3) is 2.07. The van der Waals surface area contributed by atoms with Crippen LogP contribution in [0.4, 0.5) is 8.78 Å². The van der Waals surface area contributed by atoms with E-state index in [2.05, 4.69) is 0 Å². The molecule has 0 aromatic heterocycles. The molecule has 0 bridgehead atoms. The summed E-state index contributed by atoms with van der Waals surface area (Å²) in [6, 6.07) is 2.86. The third-order valence-electron chi connectivity index (χ3n) is 3.69. The number of rotatable bonds is 1. The first-order chi connectivity index (χ1) is 8.34. The zero-order valence-electron chi connectivity index (χ0n) is 11.3. The van der Waals surface area contributed by atoms with Crippen LogP contribution >= 0.6 is 0 Å². The molecule has 1 aromatic rings. The molecule has 1 nitrogen and oxygen atoms in total. The minimum absolute atomic E-state index is 0.192. The normalized spacial score (nSPS) is 20.3. The molecule has 0 fully saturated rings. The molecule has 0 amide bonds. The number of alkyl halides is 2. The van der Waals surface area contributed by atoms with Crippen molar-refractivity contribution >= 4 is 5.57 Å². The lowest BCUT2D eigenvalue weighted by Crippen LogP contribution is -2.43. The van der Waals surface area contributed by atoms with Gasteiger partial charge in [0.1, 0.15) is 0 Å². The average molecular weight is 251 g/mol. The van der Waals surface area contributed by atoms with Crippen LogP contribution in [0.25, 0.3) is 5.57 Å². The molecule has 1 aliphatic heterocycles. The molecule has 0 saturated carbocycles. The van der Waals surface area contributed by atoms with Crippen LogP contribution in [-0.2, 0) is 0 Å². The van der Waals surface area contributed by atoms with Gasteiger partial charge in [0.15, 0.2) is 0 Å². The molecule has 0 radical (unpaired) electrons. The molecular formula is C15H19F2N. The van der Waals surface area contributed by atoms with E-state index in [0.717, 1.165) is 21.6 Å². The van der Waals surface area contributed by atoms with Gasteiger partial charge in [-0.05, 0) is 45.4 Å². The van der Waals surface area contributed by atoms with Gasteiger partial charge in [0.05, 0.1) is 0 Å². The summed E-state index contributed by atoms with van der Waals surface area (Å²) in [5.41, 5.74) is 3.60. The second-order valence-corrected chi connectivity index (χ2v) is 5.19. The first kappa shape index (κ1) is 13.2. The molecule has 98 valence electrons. The van der Waals surface area contributed by atoms with Crippen molar-refractivity contribution < 1.29 is 8.78 Å². The highest BCUT2D eigenvalue weighted by Gasteiger charge is 2.43. The van der Waals surface area contributed by atoms with Gasteiger partial charge in [-0.1, -0.05) is 29.3 Å². The molecule has 0 spiro atoms. The largest absolute Gasteiger partial charge is 0.332 e. The van der Waals surface area contributed by atoms with Gasteiger partial charge in [-0.25, -0.2) is 4.90 Å². The molecule has 0 atom stereocenters. The number of halogens is 2. The average Bonchev–Trinajstić information content (AvgIpc) is 2.29. The Morgan fingerprint density at radius 2 is 1.83 bits per heavy atom. The van der Waals surface area contributed by atoms with Gasteiger partial charge >= 0.3 is 6.05 Å². The highest BCUT2D eigenvalue weighted by Crippen LogP contribution is 2.42. The third-order valence-corrected chi connectivity index (χ3v) is 3.69. The topological polar surface area (TPSA) is 3.24 Å². The molecule has 2 rings (SSSR count). The predicted molar refractivity (Wildman–Crippen MR) is 70.7 cm³/mol. The predicted octanol–water partition coefficient (Wildman–Crippen LogP) is 4.01. The number of aryl methyl sites for hydroxylation is 2. The molecule has 0 N–H and O–H groups in total. The van der Waals surface area contributed by atoms with Crippen molar-refractivity contribution in [3.63, 3.8) is 0 Å². The van der Waals surface area contributed by atoms with E-state index in [1.165, 1.54) is 7.05 Å². The number of nitrogens with zero attached hydrogens (tertiary/aromatic N) is 1. The van der Waals surface area contributed by atoms with Gasteiger partial charge in [-0.3, -0.25) is 0 Å². The molecule has 0 aliphatic carbocycles. The number of likely N-dealkylation sites (N-methyl/N-ethyl adjacent to an activating group) is 1. The Hall–Kier alpha value is -1.22. The van der Waals surface area contributed by atoms with Crippen molar-refractivity contribution in [2.45, 2.75) is 33.2 Å². The molecule has 0 unspecified atom stereocenters. The maximum absolute atomic E-state index is 14.4. The fraction of sp³-hybridized carbons (Fsp3) is 0.467. The van der Waals surface area contributed by atoms with Crippen molar-refractivity contribution in [2.24, 2.45) is 0 Å². The summed E-state index contributed by atoms with van der Waals surface area (Å²) in [6.07, 6.45) is 0.703.